The van der Waals surface area contributed by atoms with Crippen LogP contribution >= 0.6 is 0 Å². The molecule has 1 unspecified atom stereocenters. The van der Waals surface area contributed by atoms with E-state index in [0.717, 1.165) is 24.8 Å². The number of benzene rings is 1. The fraction of sp³-hybridized carbons (Fsp3) is 0.611. The van der Waals surface area contributed by atoms with Gasteiger partial charge in [0.15, 0.2) is 0 Å². The third-order valence-corrected chi connectivity index (χ3v) is 4.41. The summed E-state index contributed by atoms with van der Waals surface area (Å²) in [5, 5.41) is 0. The Morgan fingerprint density at radius 2 is 1.96 bits per heavy atom. The molecule has 2 fully saturated rings. The molecule has 1 saturated carbocycles. The predicted octanol–water partition coefficient (Wildman–Crippen LogP) is 3.88. The first-order valence-electron chi connectivity index (χ1n) is 8.14. The largest absolute Gasteiger partial charge is 0.444 e. The highest BCUT2D eigenvalue weighted by Crippen LogP contribution is 2.50. The Morgan fingerprint density at radius 1 is 1.30 bits per heavy atom. The van der Waals surface area contributed by atoms with Crippen LogP contribution < -0.4 is 0 Å². The second kappa shape index (κ2) is 5.78. The van der Waals surface area contributed by atoms with Crippen LogP contribution in [0, 0.1) is 5.82 Å². The molecule has 1 spiro atoms. The van der Waals surface area contributed by atoms with Gasteiger partial charge >= 0.3 is 6.09 Å². The van der Waals surface area contributed by atoms with Crippen LogP contribution in [0.4, 0.5) is 9.18 Å². The minimum Gasteiger partial charge on any atom is -0.444 e. The standard InChI is InChI=1S/C18H24FNO3/c1-17(2,3)23-16(21)20-11-15(10-18(20)8-9-18)22-12-13-4-6-14(19)7-5-13/h4-7,15H,8-12H2,1-3H3. The second-order valence-electron chi connectivity index (χ2n) is 7.58. The highest BCUT2D eigenvalue weighted by atomic mass is 19.1. The van der Waals surface area contributed by atoms with Crippen LogP contribution in [0.1, 0.15) is 45.6 Å². The van der Waals surface area contributed by atoms with Gasteiger partial charge in [-0.25, -0.2) is 9.18 Å². The fourth-order valence-electron chi connectivity index (χ4n) is 3.11. The summed E-state index contributed by atoms with van der Waals surface area (Å²) >= 11 is 0. The van der Waals surface area contributed by atoms with E-state index in [0.29, 0.717) is 13.2 Å². The molecule has 1 aliphatic heterocycles. The molecule has 0 radical (unpaired) electrons. The van der Waals surface area contributed by atoms with E-state index in [-0.39, 0.29) is 23.6 Å². The Balaban J connectivity index is 1.57. The Labute approximate surface area is 136 Å². The van der Waals surface area contributed by atoms with E-state index >= 15 is 0 Å². The van der Waals surface area contributed by atoms with E-state index in [2.05, 4.69) is 0 Å². The third kappa shape index (κ3) is 3.83. The van der Waals surface area contributed by atoms with Gasteiger partial charge in [0.25, 0.3) is 0 Å². The van der Waals surface area contributed by atoms with Crippen molar-refractivity contribution in [1.82, 2.24) is 4.90 Å². The van der Waals surface area contributed by atoms with Gasteiger partial charge in [0.1, 0.15) is 11.4 Å². The third-order valence-electron chi connectivity index (χ3n) is 4.41. The summed E-state index contributed by atoms with van der Waals surface area (Å²) < 4.78 is 24.4. The topological polar surface area (TPSA) is 38.8 Å². The molecule has 3 rings (SSSR count). The van der Waals surface area contributed by atoms with Gasteiger partial charge in [-0.15, -0.1) is 0 Å². The molecule has 1 saturated heterocycles. The summed E-state index contributed by atoms with van der Waals surface area (Å²) in [5.41, 5.74) is 0.391. The number of carbonyl (C=O) groups is 1. The summed E-state index contributed by atoms with van der Waals surface area (Å²) in [6.07, 6.45) is 2.65. The van der Waals surface area contributed by atoms with Crippen molar-refractivity contribution in [1.29, 1.82) is 0 Å². The number of ether oxygens (including phenoxy) is 2. The number of halogens is 1. The van der Waals surface area contributed by atoms with Crippen LogP contribution in [0.3, 0.4) is 0 Å². The Bertz CT molecular complexity index is 575. The Hall–Kier alpha value is -1.62. The number of rotatable bonds is 3. The van der Waals surface area contributed by atoms with E-state index in [1.807, 2.05) is 25.7 Å². The predicted molar refractivity (Wildman–Crippen MR) is 84.5 cm³/mol. The smallest absolute Gasteiger partial charge is 0.410 e. The molecule has 0 aromatic heterocycles. The molecule has 1 atom stereocenters. The number of hydrogen-bond acceptors (Lipinski definition) is 3. The van der Waals surface area contributed by atoms with E-state index in [1.54, 1.807) is 12.1 Å². The van der Waals surface area contributed by atoms with Gasteiger partial charge in [0, 0.05) is 5.54 Å². The van der Waals surface area contributed by atoms with Crippen LogP contribution in [0.2, 0.25) is 0 Å². The monoisotopic (exact) mass is 321 g/mol. The zero-order valence-corrected chi connectivity index (χ0v) is 14.0. The first kappa shape index (κ1) is 16.2. The van der Waals surface area contributed by atoms with Gasteiger partial charge in [-0.1, -0.05) is 12.1 Å². The molecule has 23 heavy (non-hydrogen) atoms. The maximum absolute atomic E-state index is 12.9. The van der Waals surface area contributed by atoms with Crippen molar-refractivity contribution >= 4 is 6.09 Å². The molecule has 1 heterocycles. The van der Waals surface area contributed by atoms with Crippen molar-refractivity contribution in [3.8, 4) is 0 Å². The summed E-state index contributed by atoms with van der Waals surface area (Å²) in [4.78, 5) is 14.2. The highest BCUT2D eigenvalue weighted by Gasteiger charge is 2.57. The van der Waals surface area contributed by atoms with Crippen molar-refractivity contribution < 1.29 is 18.7 Å². The maximum atomic E-state index is 12.9. The first-order valence-corrected chi connectivity index (χ1v) is 8.14. The van der Waals surface area contributed by atoms with Crippen molar-refractivity contribution in [2.24, 2.45) is 0 Å². The summed E-state index contributed by atoms with van der Waals surface area (Å²) in [7, 11) is 0. The van der Waals surface area contributed by atoms with Crippen LogP contribution in [-0.4, -0.2) is 34.8 Å². The van der Waals surface area contributed by atoms with Crippen molar-refractivity contribution in [2.75, 3.05) is 6.54 Å². The van der Waals surface area contributed by atoms with Gasteiger partial charge in [-0.05, 0) is 57.7 Å². The van der Waals surface area contributed by atoms with E-state index in [9.17, 15) is 9.18 Å². The van der Waals surface area contributed by atoms with Gasteiger partial charge in [-0.2, -0.15) is 0 Å². The molecule has 1 aliphatic carbocycles. The lowest BCUT2D eigenvalue weighted by Crippen LogP contribution is -2.41. The Morgan fingerprint density at radius 3 is 2.52 bits per heavy atom. The number of amides is 1. The molecule has 0 bridgehead atoms. The van der Waals surface area contributed by atoms with E-state index in [4.69, 9.17) is 9.47 Å². The Kier molecular flexibility index (Phi) is 4.08. The average molecular weight is 321 g/mol. The lowest BCUT2D eigenvalue weighted by Gasteiger charge is -2.28. The second-order valence-corrected chi connectivity index (χ2v) is 7.58. The fourth-order valence-corrected chi connectivity index (χ4v) is 3.11. The SMILES string of the molecule is CC(C)(C)OC(=O)N1CC(OCc2ccc(F)cc2)CC12CC2. The van der Waals surface area contributed by atoms with Crippen molar-refractivity contribution in [3.63, 3.8) is 0 Å². The van der Waals surface area contributed by atoms with E-state index < -0.39 is 5.60 Å². The minimum atomic E-state index is -0.486. The molecular weight excluding hydrogens is 297 g/mol. The molecular formula is C18H24FNO3. The van der Waals surface area contributed by atoms with Gasteiger partial charge < -0.3 is 9.47 Å². The molecule has 2 aliphatic rings. The van der Waals surface area contributed by atoms with Gasteiger partial charge in [0.2, 0.25) is 0 Å². The minimum absolute atomic E-state index is 0.00933. The van der Waals surface area contributed by atoms with Crippen LogP contribution in [0.15, 0.2) is 24.3 Å². The van der Waals surface area contributed by atoms with Gasteiger partial charge in [0.05, 0.1) is 19.3 Å². The van der Waals surface area contributed by atoms with E-state index in [1.165, 1.54) is 12.1 Å². The van der Waals surface area contributed by atoms with Crippen molar-refractivity contribution in [2.45, 2.75) is 63.9 Å². The normalized spacial score (nSPS) is 22.4. The van der Waals surface area contributed by atoms with Crippen LogP contribution in [-0.2, 0) is 16.1 Å². The first-order chi connectivity index (χ1) is 10.8. The van der Waals surface area contributed by atoms with Gasteiger partial charge in [-0.3, -0.25) is 4.90 Å². The number of hydrogen-bond donors (Lipinski definition) is 0. The molecule has 5 heteroatoms. The number of likely N-dealkylation sites (tertiary alicyclic amines) is 1. The lowest BCUT2D eigenvalue weighted by atomic mass is 10.1. The molecule has 1 aromatic carbocycles. The van der Waals surface area contributed by atoms with Crippen molar-refractivity contribution in [3.05, 3.63) is 35.6 Å². The number of nitrogens with zero attached hydrogens (tertiary/aromatic N) is 1. The summed E-state index contributed by atoms with van der Waals surface area (Å²) in [6, 6.07) is 6.32. The zero-order valence-electron chi connectivity index (χ0n) is 14.0. The van der Waals surface area contributed by atoms with Crippen LogP contribution in [0.5, 0.6) is 0 Å². The van der Waals surface area contributed by atoms with Crippen LogP contribution in [0.25, 0.3) is 0 Å². The molecule has 0 N–H and O–H groups in total. The lowest BCUT2D eigenvalue weighted by molar-refractivity contribution is 0.0136. The highest BCUT2D eigenvalue weighted by molar-refractivity contribution is 5.70. The summed E-state index contributed by atoms with van der Waals surface area (Å²) in [5.74, 6) is -0.248. The maximum Gasteiger partial charge on any atom is 0.410 e. The molecule has 1 amide bonds. The zero-order chi connectivity index (χ0) is 16.7. The molecule has 4 nitrogen and oxygen atoms in total. The number of carbonyl (C=O) groups excluding carboxylic acids is 1. The molecule has 126 valence electrons. The summed E-state index contributed by atoms with van der Waals surface area (Å²) in [6.45, 7) is 6.63. The quantitative estimate of drug-likeness (QED) is 0.848. The average Bonchev–Trinajstić information content (AvgIpc) is 3.10. The molecule has 1 aromatic rings.